The number of thiazole rings is 1. The van der Waals surface area contributed by atoms with Crippen molar-refractivity contribution < 1.29 is 4.79 Å². The molecule has 1 atom stereocenters. The van der Waals surface area contributed by atoms with Gasteiger partial charge in [0.15, 0.2) is 10.6 Å². The van der Waals surface area contributed by atoms with E-state index < -0.39 is 0 Å². The van der Waals surface area contributed by atoms with E-state index in [0.29, 0.717) is 0 Å². The van der Waals surface area contributed by atoms with Gasteiger partial charge in [0.2, 0.25) is 0 Å². The van der Waals surface area contributed by atoms with Gasteiger partial charge in [-0.15, -0.1) is 11.3 Å². The molecule has 2 aromatic heterocycles. The van der Waals surface area contributed by atoms with Crippen LogP contribution in [0, 0.1) is 13.8 Å². The second-order valence-electron chi connectivity index (χ2n) is 6.26. The largest absolute Gasteiger partial charge is 0.365 e. The SMILES string of the molecule is CC=O.CNc1ncc(CN2CCCC2C)s1.Cc1cc(=O)cc(C)[nH]1. The van der Waals surface area contributed by atoms with Gasteiger partial charge in [0.25, 0.3) is 0 Å². The normalized spacial score (nSPS) is 16.1. The van der Waals surface area contributed by atoms with E-state index in [1.807, 2.05) is 27.1 Å². The maximum Gasteiger partial charge on any atom is 0.182 e. The Bertz CT molecular complexity index is 703. The third kappa shape index (κ3) is 7.93. The van der Waals surface area contributed by atoms with E-state index in [1.165, 1.54) is 31.2 Å². The summed E-state index contributed by atoms with van der Waals surface area (Å²) in [6.45, 7) is 9.81. The Morgan fingerprint density at radius 2 is 2.00 bits per heavy atom. The summed E-state index contributed by atoms with van der Waals surface area (Å²) in [5.74, 6) is 0. The summed E-state index contributed by atoms with van der Waals surface area (Å²) in [5, 5.41) is 4.09. The fraction of sp³-hybridized carbons (Fsp3) is 0.526. The Kier molecular flexibility index (Phi) is 9.83. The molecule has 6 nitrogen and oxygen atoms in total. The van der Waals surface area contributed by atoms with Crippen molar-refractivity contribution in [3.8, 4) is 0 Å². The van der Waals surface area contributed by atoms with Crippen LogP contribution in [0.4, 0.5) is 5.13 Å². The van der Waals surface area contributed by atoms with Crippen molar-refractivity contribution in [2.24, 2.45) is 0 Å². The molecule has 0 spiro atoms. The summed E-state index contributed by atoms with van der Waals surface area (Å²) in [6, 6.07) is 3.90. The molecular weight excluding hydrogens is 348 g/mol. The predicted octanol–water partition coefficient (Wildman–Crippen LogP) is 3.37. The highest BCUT2D eigenvalue weighted by atomic mass is 32.1. The van der Waals surface area contributed by atoms with E-state index in [0.717, 1.165) is 35.4 Å². The molecule has 1 fully saturated rings. The first-order valence-corrected chi connectivity index (χ1v) is 9.65. The lowest BCUT2D eigenvalue weighted by atomic mass is 10.2. The van der Waals surface area contributed by atoms with E-state index in [1.54, 1.807) is 23.5 Å². The number of carbonyl (C=O) groups is 1. The van der Waals surface area contributed by atoms with Crippen molar-refractivity contribution in [2.75, 3.05) is 18.9 Å². The Morgan fingerprint density at radius 3 is 2.42 bits per heavy atom. The minimum absolute atomic E-state index is 0.0729. The Morgan fingerprint density at radius 1 is 1.38 bits per heavy atom. The number of nitrogens with zero attached hydrogens (tertiary/aromatic N) is 2. The van der Waals surface area contributed by atoms with Crippen molar-refractivity contribution in [3.63, 3.8) is 0 Å². The number of hydrogen-bond donors (Lipinski definition) is 2. The standard InChI is InChI=1S/C10H17N3S.C7H9NO.C2H4O/c1-8-4-3-5-13(8)7-9-6-12-10(11-2)14-9;1-5-3-7(9)4-6(2)8-5;1-2-3/h6,8H,3-5,7H2,1-2H3,(H,11,12);3-4H,1-2H3,(H,8,9);2H,1H3. The van der Waals surface area contributed by atoms with E-state index >= 15 is 0 Å². The van der Waals surface area contributed by atoms with Crippen LogP contribution in [0.1, 0.15) is 43.0 Å². The van der Waals surface area contributed by atoms with Crippen molar-refractivity contribution >= 4 is 22.8 Å². The van der Waals surface area contributed by atoms with Gasteiger partial charge < -0.3 is 15.1 Å². The third-order valence-electron chi connectivity index (χ3n) is 3.93. The number of anilines is 1. The molecule has 3 heterocycles. The molecule has 0 radical (unpaired) electrons. The van der Waals surface area contributed by atoms with Gasteiger partial charge in [-0.05, 0) is 47.1 Å². The fourth-order valence-electron chi connectivity index (χ4n) is 2.78. The quantitative estimate of drug-likeness (QED) is 0.801. The van der Waals surface area contributed by atoms with E-state index in [-0.39, 0.29) is 5.43 Å². The zero-order valence-corrected chi connectivity index (χ0v) is 17.2. The molecule has 2 N–H and O–H groups in total. The Balaban J connectivity index is 0.000000243. The van der Waals surface area contributed by atoms with Crippen LogP contribution in [0.25, 0.3) is 0 Å². The molecule has 1 unspecified atom stereocenters. The topological polar surface area (TPSA) is 78.1 Å². The van der Waals surface area contributed by atoms with Crippen LogP contribution >= 0.6 is 11.3 Å². The number of hydrogen-bond acceptors (Lipinski definition) is 6. The zero-order valence-electron chi connectivity index (χ0n) is 16.3. The van der Waals surface area contributed by atoms with Crippen LogP contribution in [0.2, 0.25) is 0 Å². The van der Waals surface area contributed by atoms with Crippen LogP contribution in [0.5, 0.6) is 0 Å². The van der Waals surface area contributed by atoms with E-state index in [4.69, 9.17) is 4.79 Å². The number of carbonyl (C=O) groups excluding carboxylic acids is 1. The first kappa shape index (κ1) is 22.1. The number of aldehydes is 1. The lowest BCUT2D eigenvalue weighted by Gasteiger charge is -2.19. The van der Waals surface area contributed by atoms with Gasteiger partial charge in [0.1, 0.15) is 6.29 Å². The maximum absolute atomic E-state index is 10.7. The molecule has 1 aliphatic rings. The third-order valence-corrected chi connectivity index (χ3v) is 4.93. The molecule has 7 heteroatoms. The number of H-pyrrole nitrogens is 1. The number of nitrogens with one attached hydrogen (secondary N) is 2. The molecule has 26 heavy (non-hydrogen) atoms. The van der Waals surface area contributed by atoms with Crippen LogP contribution in [0.15, 0.2) is 23.1 Å². The predicted molar refractivity (Wildman–Crippen MR) is 109 cm³/mol. The molecular formula is C19H30N4O2S. The van der Waals surface area contributed by atoms with Gasteiger partial charge in [0, 0.05) is 54.2 Å². The molecule has 1 saturated heterocycles. The lowest BCUT2D eigenvalue weighted by Crippen LogP contribution is -2.25. The second kappa shape index (κ2) is 11.6. The van der Waals surface area contributed by atoms with Gasteiger partial charge >= 0.3 is 0 Å². The summed E-state index contributed by atoms with van der Waals surface area (Å²) in [7, 11) is 1.92. The van der Waals surface area contributed by atoms with Crippen molar-refractivity contribution in [1.82, 2.24) is 14.9 Å². The van der Waals surface area contributed by atoms with Crippen LogP contribution in [-0.2, 0) is 11.3 Å². The maximum atomic E-state index is 10.7. The number of pyridine rings is 1. The van der Waals surface area contributed by atoms with Crippen LogP contribution in [-0.4, -0.2) is 40.8 Å². The van der Waals surface area contributed by atoms with E-state index in [9.17, 15) is 4.79 Å². The minimum Gasteiger partial charge on any atom is -0.365 e. The van der Waals surface area contributed by atoms with Gasteiger partial charge in [-0.2, -0.15) is 0 Å². The average molecular weight is 379 g/mol. The highest BCUT2D eigenvalue weighted by Crippen LogP contribution is 2.23. The molecule has 0 saturated carbocycles. The molecule has 3 rings (SSSR count). The summed E-state index contributed by atoms with van der Waals surface area (Å²) in [5.41, 5.74) is 1.91. The first-order chi connectivity index (χ1) is 12.4. The van der Waals surface area contributed by atoms with Gasteiger partial charge in [-0.3, -0.25) is 9.69 Å². The van der Waals surface area contributed by atoms with Gasteiger partial charge in [-0.25, -0.2) is 4.98 Å². The molecule has 0 aromatic carbocycles. The van der Waals surface area contributed by atoms with Gasteiger partial charge in [-0.1, -0.05) is 0 Å². The second-order valence-corrected chi connectivity index (χ2v) is 7.38. The molecule has 0 amide bonds. The highest BCUT2D eigenvalue weighted by Gasteiger charge is 2.20. The van der Waals surface area contributed by atoms with Crippen molar-refractivity contribution in [3.05, 3.63) is 44.8 Å². The molecule has 144 valence electrons. The van der Waals surface area contributed by atoms with Crippen molar-refractivity contribution in [2.45, 2.75) is 53.1 Å². The lowest BCUT2D eigenvalue weighted by molar-refractivity contribution is -0.106. The number of aryl methyl sites for hydroxylation is 2. The van der Waals surface area contributed by atoms with Crippen LogP contribution < -0.4 is 10.7 Å². The average Bonchev–Trinajstić information content (AvgIpc) is 3.17. The number of likely N-dealkylation sites (tertiary alicyclic amines) is 1. The summed E-state index contributed by atoms with van der Waals surface area (Å²) in [4.78, 5) is 30.7. The monoisotopic (exact) mass is 378 g/mol. The molecule has 2 aromatic rings. The Labute approximate surface area is 159 Å². The summed E-state index contributed by atoms with van der Waals surface area (Å²) < 4.78 is 0. The summed E-state index contributed by atoms with van der Waals surface area (Å²) in [6.07, 6.45) is 5.43. The van der Waals surface area contributed by atoms with Crippen LogP contribution in [0.3, 0.4) is 0 Å². The van der Waals surface area contributed by atoms with Crippen molar-refractivity contribution in [1.29, 1.82) is 0 Å². The minimum atomic E-state index is 0.0729. The van der Waals surface area contributed by atoms with E-state index in [2.05, 4.69) is 27.1 Å². The number of aromatic nitrogens is 2. The molecule has 0 bridgehead atoms. The van der Waals surface area contributed by atoms with Gasteiger partial charge in [0.05, 0.1) is 0 Å². The number of aromatic amines is 1. The molecule has 0 aliphatic carbocycles. The zero-order chi connectivity index (χ0) is 19.5. The Hall–Kier alpha value is -1.99. The molecule has 1 aliphatic heterocycles. The highest BCUT2D eigenvalue weighted by molar-refractivity contribution is 7.15. The first-order valence-electron chi connectivity index (χ1n) is 8.83. The number of rotatable bonds is 3. The smallest absolute Gasteiger partial charge is 0.182 e. The fourth-order valence-corrected chi connectivity index (χ4v) is 3.57. The summed E-state index contributed by atoms with van der Waals surface area (Å²) >= 11 is 1.76.